The fourth-order valence-electron chi connectivity index (χ4n) is 2.16. The number of thioether (sulfide) groups is 1. The molecule has 0 fully saturated rings. The number of hydrogen-bond acceptors (Lipinski definition) is 3. The van der Waals surface area contributed by atoms with Crippen LogP contribution in [-0.4, -0.2) is 5.04 Å². The van der Waals surface area contributed by atoms with E-state index in [4.69, 9.17) is 4.74 Å². The molecule has 130 valence electrons. The molecule has 3 rings (SSSR count). The first-order valence-electron chi connectivity index (χ1n) is 8.17. The number of benzene rings is 3. The van der Waals surface area contributed by atoms with Gasteiger partial charge in [-0.3, -0.25) is 0 Å². The van der Waals surface area contributed by atoms with E-state index >= 15 is 0 Å². The second-order valence-electron chi connectivity index (χ2n) is 5.54. The number of ether oxygens (including phenoxy) is 1. The van der Waals surface area contributed by atoms with Gasteiger partial charge in [-0.25, -0.2) is 9.38 Å². The van der Waals surface area contributed by atoms with Gasteiger partial charge in [-0.2, -0.15) is 0 Å². The first kappa shape index (κ1) is 18.0. The molecule has 3 aromatic carbocycles. The lowest BCUT2D eigenvalue weighted by molar-refractivity contribution is 0.478. The quantitative estimate of drug-likeness (QED) is 0.220. The largest absolute Gasteiger partial charge is 0.465 e. The molecule has 0 atom stereocenters. The first-order chi connectivity index (χ1) is 12.7. The van der Waals surface area contributed by atoms with Gasteiger partial charge in [0, 0.05) is 10.5 Å². The molecule has 3 aromatic rings. The maximum atomic E-state index is 13.5. The van der Waals surface area contributed by atoms with Crippen molar-refractivity contribution < 1.29 is 9.13 Å². The number of rotatable bonds is 5. The zero-order chi connectivity index (χ0) is 18.2. The van der Waals surface area contributed by atoms with Crippen LogP contribution in [0.4, 0.5) is 10.1 Å². The molecule has 0 heterocycles. The fraction of sp³-hybridized carbons (Fsp3) is 0.0455. The molecule has 2 nitrogen and oxygen atoms in total. The first-order valence-corrected chi connectivity index (χ1v) is 8.98. The van der Waals surface area contributed by atoms with E-state index in [1.54, 1.807) is 18.4 Å². The molecule has 26 heavy (non-hydrogen) atoms. The lowest BCUT2D eigenvalue weighted by atomic mass is 10.3. The van der Waals surface area contributed by atoms with E-state index in [9.17, 15) is 4.39 Å². The van der Waals surface area contributed by atoms with Crippen LogP contribution >= 0.6 is 11.8 Å². The Morgan fingerprint density at radius 2 is 1.62 bits per heavy atom. The maximum absolute atomic E-state index is 13.5. The second kappa shape index (κ2) is 9.02. The van der Waals surface area contributed by atoms with Crippen LogP contribution in [0.5, 0.6) is 5.75 Å². The zero-order valence-electron chi connectivity index (χ0n) is 14.3. The highest BCUT2D eigenvalue weighted by molar-refractivity contribution is 8.14. The molecular formula is C22H18FNOS. The molecule has 0 amide bonds. The molecule has 0 saturated carbocycles. The second-order valence-corrected chi connectivity index (χ2v) is 6.61. The van der Waals surface area contributed by atoms with Gasteiger partial charge in [-0.05, 0) is 49.4 Å². The Balaban J connectivity index is 1.88. The van der Waals surface area contributed by atoms with Crippen LogP contribution in [-0.2, 0) is 0 Å². The predicted octanol–water partition coefficient (Wildman–Crippen LogP) is 6.63. The summed E-state index contributed by atoms with van der Waals surface area (Å²) in [6.45, 7) is 1.93. The SMILES string of the molecule is CC(=C\Oc1ccccc1)/C(=N\c1cccc(F)c1)Sc1ccccc1. The van der Waals surface area contributed by atoms with Crippen LogP contribution in [0.2, 0.25) is 0 Å². The maximum Gasteiger partial charge on any atom is 0.126 e. The average Bonchev–Trinajstić information content (AvgIpc) is 2.67. The molecule has 4 heteroatoms. The Morgan fingerprint density at radius 1 is 0.923 bits per heavy atom. The molecule has 0 saturated heterocycles. The summed E-state index contributed by atoms with van der Waals surface area (Å²) in [5.41, 5.74) is 1.42. The molecule has 0 bridgehead atoms. The number of aliphatic imine (C=N–C) groups is 1. The van der Waals surface area contributed by atoms with Crippen LogP contribution < -0.4 is 4.74 Å². The van der Waals surface area contributed by atoms with Crippen LogP contribution in [0.3, 0.4) is 0 Å². The third kappa shape index (κ3) is 5.33. The van der Waals surface area contributed by atoms with Crippen molar-refractivity contribution in [3.05, 3.63) is 103 Å². The molecule has 0 aliphatic heterocycles. The summed E-state index contributed by atoms with van der Waals surface area (Å²) in [6.07, 6.45) is 1.67. The van der Waals surface area contributed by atoms with Crippen molar-refractivity contribution in [2.75, 3.05) is 0 Å². The summed E-state index contributed by atoms with van der Waals surface area (Å²) in [7, 11) is 0. The average molecular weight is 363 g/mol. The molecule has 0 aliphatic carbocycles. The van der Waals surface area contributed by atoms with Crippen LogP contribution in [0.1, 0.15) is 6.92 Å². The van der Waals surface area contributed by atoms with Gasteiger partial charge in [0.2, 0.25) is 0 Å². The summed E-state index contributed by atoms with van der Waals surface area (Å²) in [5, 5.41) is 0.748. The van der Waals surface area contributed by atoms with Gasteiger partial charge in [0.1, 0.15) is 16.6 Å². The van der Waals surface area contributed by atoms with Gasteiger partial charge in [0.05, 0.1) is 11.9 Å². The molecule has 0 aromatic heterocycles. The smallest absolute Gasteiger partial charge is 0.126 e. The minimum absolute atomic E-state index is 0.308. The van der Waals surface area contributed by atoms with Crippen molar-refractivity contribution in [2.24, 2.45) is 4.99 Å². The van der Waals surface area contributed by atoms with Crippen molar-refractivity contribution in [1.29, 1.82) is 0 Å². The molecule has 0 radical (unpaired) electrons. The van der Waals surface area contributed by atoms with Crippen molar-refractivity contribution in [2.45, 2.75) is 11.8 Å². The number of halogens is 1. The summed E-state index contributed by atoms with van der Waals surface area (Å²) in [4.78, 5) is 5.67. The van der Waals surface area contributed by atoms with Crippen molar-refractivity contribution in [1.82, 2.24) is 0 Å². The summed E-state index contributed by atoms with van der Waals surface area (Å²) >= 11 is 1.51. The fourth-order valence-corrected chi connectivity index (χ4v) is 3.04. The van der Waals surface area contributed by atoms with E-state index in [0.29, 0.717) is 5.69 Å². The Labute approximate surface area is 157 Å². The normalized spacial score (nSPS) is 12.1. The minimum Gasteiger partial charge on any atom is -0.465 e. The van der Waals surface area contributed by atoms with Crippen molar-refractivity contribution in [3.8, 4) is 5.75 Å². The van der Waals surface area contributed by atoms with Gasteiger partial charge in [0.25, 0.3) is 0 Å². The third-order valence-corrected chi connectivity index (χ3v) is 4.56. The van der Waals surface area contributed by atoms with Gasteiger partial charge in [-0.1, -0.05) is 54.2 Å². The third-order valence-electron chi connectivity index (χ3n) is 3.45. The molecule has 0 N–H and O–H groups in total. The van der Waals surface area contributed by atoms with E-state index in [2.05, 4.69) is 4.99 Å². The van der Waals surface area contributed by atoms with Gasteiger partial charge >= 0.3 is 0 Å². The van der Waals surface area contributed by atoms with Crippen LogP contribution in [0, 0.1) is 5.82 Å². The van der Waals surface area contributed by atoms with Gasteiger partial charge < -0.3 is 4.74 Å². The topological polar surface area (TPSA) is 21.6 Å². The summed E-state index contributed by atoms with van der Waals surface area (Å²) < 4.78 is 19.2. The Hall–Kier alpha value is -2.85. The number of para-hydroxylation sites is 1. The Kier molecular flexibility index (Phi) is 6.23. The molecule has 0 unspecified atom stereocenters. The lowest BCUT2D eigenvalue weighted by Crippen LogP contribution is -1.97. The Bertz CT molecular complexity index is 908. The van der Waals surface area contributed by atoms with Crippen molar-refractivity contribution >= 4 is 22.5 Å². The summed E-state index contributed by atoms with van der Waals surface area (Å²) in [5.74, 6) is 0.444. The highest BCUT2D eigenvalue weighted by atomic mass is 32.2. The van der Waals surface area contributed by atoms with Gasteiger partial charge in [-0.15, -0.1) is 0 Å². The van der Waals surface area contributed by atoms with E-state index in [1.165, 1.54) is 23.9 Å². The van der Waals surface area contributed by atoms with E-state index < -0.39 is 0 Å². The number of nitrogens with zero attached hydrogens (tertiary/aromatic N) is 1. The van der Waals surface area contributed by atoms with E-state index in [1.807, 2.05) is 67.6 Å². The van der Waals surface area contributed by atoms with Gasteiger partial charge in [0.15, 0.2) is 0 Å². The molecular weight excluding hydrogens is 345 g/mol. The van der Waals surface area contributed by atoms with E-state index in [0.717, 1.165) is 21.3 Å². The summed E-state index contributed by atoms with van der Waals surface area (Å²) in [6, 6.07) is 25.7. The monoisotopic (exact) mass is 363 g/mol. The highest BCUT2D eigenvalue weighted by Gasteiger charge is 2.07. The van der Waals surface area contributed by atoms with E-state index in [-0.39, 0.29) is 5.82 Å². The lowest BCUT2D eigenvalue weighted by Gasteiger charge is -2.08. The van der Waals surface area contributed by atoms with Crippen molar-refractivity contribution in [3.63, 3.8) is 0 Å². The highest BCUT2D eigenvalue weighted by Crippen LogP contribution is 2.27. The Morgan fingerprint density at radius 3 is 2.31 bits per heavy atom. The molecule has 0 aliphatic rings. The number of hydrogen-bond donors (Lipinski definition) is 0. The molecule has 0 spiro atoms. The minimum atomic E-state index is -0.308. The zero-order valence-corrected chi connectivity index (χ0v) is 15.1. The standard InChI is InChI=1S/C22H18FNOS/c1-17(16-25-20-11-4-2-5-12-20)22(26-21-13-6-3-7-14-21)24-19-10-8-9-18(23)15-19/h2-16H,1H3/b17-16+,24-22+. The van der Waals surface area contributed by atoms with Crippen LogP contribution in [0.15, 0.2) is 107 Å². The predicted molar refractivity (Wildman–Crippen MR) is 107 cm³/mol. The van der Waals surface area contributed by atoms with Crippen LogP contribution in [0.25, 0.3) is 0 Å².